The first-order valence-corrected chi connectivity index (χ1v) is 15.2. The van der Waals surface area contributed by atoms with Crippen molar-refractivity contribution < 1.29 is 4.79 Å². The number of piperazine rings is 1. The lowest BCUT2D eigenvalue weighted by Gasteiger charge is -2.39. The lowest BCUT2D eigenvalue weighted by molar-refractivity contribution is -0.122. The molecular weight excluding hydrogens is 551 g/mol. The van der Waals surface area contributed by atoms with Gasteiger partial charge < -0.3 is 9.80 Å². The molecule has 2 aromatic carbocycles. The Bertz CT molecular complexity index is 1570. The summed E-state index contributed by atoms with van der Waals surface area (Å²) in [5.41, 5.74) is 3.50. The molecule has 0 spiro atoms. The minimum atomic E-state index is -0.278. The van der Waals surface area contributed by atoms with Crippen LogP contribution in [0, 0.1) is 18.3 Å². The van der Waals surface area contributed by atoms with E-state index >= 15 is 0 Å². The summed E-state index contributed by atoms with van der Waals surface area (Å²) in [6.07, 6.45) is 3.30. The fourth-order valence-corrected chi connectivity index (χ4v) is 6.73. The summed E-state index contributed by atoms with van der Waals surface area (Å²) in [6.45, 7) is 7.83. The second-order valence-corrected chi connectivity index (χ2v) is 11.9. The molecule has 0 atom stereocenters. The van der Waals surface area contributed by atoms with Crippen molar-refractivity contribution in [2.75, 3.05) is 42.5 Å². The molecule has 3 heterocycles. The number of thioether (sulfide) groups is 1. The van der Waals surface area contributed by atoms with E-state index in [1.165, 1.54) is 17.4 Å². The molecule has 1 amide bonds. The van der Waals surface area contributed by atoms with Crippen molar-refractivity contribution >= 4 is 51.8 Å². The zero-order valence-corrected chi connectivity index (χ0v) is 25.0. The molecule has 41 heavy (non-hydrogen) atoms. The fourth-order valence-electron chi connectivity index (χ4n) is 5.44. The van der Waals surface area contributed by atoms with E-state index in [4.69, 9.17) is 12.2 Å². The van der Waals surface area contributed by atoms with Crippen LogP contribution in [0.3, 0.4) is 0 Å². The third-order valence-corrected chi connectivity index (χ3v) is 8.99. The summed E-state index contributed by atoms with van der Waals surface area (Å²) >= 11 is 6.90. The Kier molecular flexibility index (Phi) is 8.91. The fraction of sp³-hybridized carbons (Fsp3) is 0.312. The van der Waals surface area contributed by atoms with Crippen LogP contribution in [0.4, 0.5) is 11.5 Å². The molecule has 2 saturated heterocycles. The highest BCUT2D eigenvalue weighted by Crippen LogP contribution is 2.36. The van der Waals surface area contributed by atoms with E-state index in [1.807, 2.05) is 68.5 Å². The van der Waals surface area contributed by atoms with Crippen LogP contribution in [0.1, 0.15) is 35.6 Å². The molecule has 3 aromatic rings. The molecule has 9 heteroatoms. The van der Waals surface area contributed by atoms with Crippen LogP contribution in [0.15, 0.2) is 70.4 Å². The molecule has 210 valence electrons. The maximum Gasteiger partial charge on any atom is 0.270 e. The molecule has 0 saturated carbocycles. The number of hydrogen-bond acceptors (Lipinski definition) is 7. The molecule has 0 bridgehead atoms. The molecule has 2 aliphatic heterocycles. The van der Waals surface area contributed by atoms with Crippen LogP contribution in [0.25, 0.3) is 6.08 Å². The minimum Gasteiger partial charge on any atom is -0.368 e. The van der Waals surface area contributed by atoms with Crippen LogP contribution in [0.2, 0.25) is 0 Å². The summed E-state index contributed by atoms with van der Waals surface area (Å²) < 4.78 is 2.25. The Labute approximate surface area is 250 Å². The van der Waals surface area contributed by atoms with Crippen molar-refractivity contribution in [2.24, 2.45) is 0 Å². The van der Waals surface area contributed by atoms with Gasteiger partial charge in [-0.05, 0) is 49.1 Å². The van der Waals surface area contributed by atoms with Crippen molar-refractivity contribution in [3.05, 3.63) is 98.2 Å². The van der Waals surface area contributed by atoms with E-state index in [0.29, 0.717) is 47.4 Å². The van der Waals surface area contributed by atoms with E-state index in [9.17, 15) is 14.9 Å². The third-order valence-electron chi connectivity index (χ3n) is 7.61. The molecule has 0 unspecified atom stereocenters. The van der Waals surface area contributed by atoms with E-state index in [1.54, 1.807) is 9.47 Å². The molecule has 7 nitrogen and oxygen atoms in total. The Morgan fingerprint density at radius 2 is 1.59 bits per heavy atom. The number of aromatic nitrogens is 1. The summed E-state index contributed by atoms with van der Waals surface area (Å²) in [5, 5.41) is 9.95. The Morgan fingerprint density at radius 1 is 0.951 bits per heavy atom. The van der Waals surface area contributed by atoms with Gasteiger partial charge in [-0.15, -0.1) is 0 Å². The number of thiocarbonyl (C=S) groups is 1. The average Bonchev–Trinajstić information content (AvgIpc) is 3.27. The quantitative estimate of drug-likeness (QED) is 0.266. The van der Waals surface area contributed by atoms with Crippen molar-refractivity contribution in [3.63, 3.8) is 0 Å². The lowest BCUT2D eigenvalue weighted by atomic mass is 10.0. The number of carbonyl (C=O) groups is 1. The Morgan fingerprint density at radius 3 is 2.22 bits per heavy atom. The predicted molar refractivity (Wildman–Crippen MR) is 171 cm³/mol. The number of para-hydroxylation sites is 1. The number of anilines is 2. The van der Waals surface area contributed by atoms with Gasteiger partial charge in [-0.1, -0.05) is 79.4 Å². The van der Waals surface area contributed by atoms with Gasteiger partial charge in [0.25, 0.3) is 11.5 Å². The van der Waals surface area contributed by atoms with E-state index in [-0.39, 0.29) is 17.0 Å². The number of rotatable bonds is 8. The van der Waals surface area contributed by atoms with Gasteiger partial charge in [-0.3, -0.25) is 19.1 Å². The van der Waals surface area contributed by atoms with Gasteiger partial charge in [-0.25, -0.2) is 0 Å². The first kappa shape index (κ1) is 28.7. The Balaban J connectivity index is 1.50. The summed E-state index contributed by atoms with van der Waals surface area (Å²) in [6, 6.07) is 22.5. The molecule has 0 radical (unpaired) electrons. The maximum absolute atomic E-state index is 13.6. The van der Waals surface area contributed by atoms with Crippen LogP contribution in [0.5, 0.6) is 0 Å². The van der Waals surface area contributed by atoms with E-state index in [2.05, 4.69) is 28.0 Å². The maximum atomic E-state index is 13.6. The highest BCUT2D eigenvalue weighted by atomic mass is 32.2. The first-order valence-electron chi connectivity index (χ1n) is 13.9. The van der Waals surface area contributed by atoms with Gasteiger partial charge in [-0.2, -0.15) is 5.26 Å². The van der Waals surface area contributed by atoms with Gasteiger partial charge in [0.1, 0.15) is 21.8 Å². The zero-order chi connectivity index (χ0) is 28.9. The van der Waals surface area contributed by atoms with Crippen molar-refractivity contribution in [1.82, 2.24) is 9.47 Å². The number of benzene rings is 2. The second-order valence-electron chi connectivity index (χ2n) is 10.2. The minimum absolute atomic E-state index is 0.121. The van der Waals surface area contributed by atoms with E-state index < -0.39 is 0 Å². The zero-order valence-electron chi connectivity index (χ0n) is 23.4. The topological polar surface area (TPSA) is 72.6 Å². The van der Waals surface area contributed by atoms with Crippen molar-refractivity contribution in [1.29, 1.82) is 5.26 Å². The van der Waals surface area contributed by atoms with Crippen LogP contribution < -0.4 is 15.4 Å². The number of amides is 1. The van der Waals surface area contributed by atoms with Crippen LogP contribution in [-0.2, 0) is 17.8 Å². The highest BCUT2D eigenvalue weighted by Gasteiger charge is 2.33. The number of nitrogens with zero attached hydrogens (tertiary/aromatic N) is 5. The van der Waals surface area contributed by atoms with Gasteiger partial charge >= 0.3 is 0 Å². The number of pyridine rings is 1. The average molecular weight is 584 g/mol. The SMILES string of the molecule is CCCn1c(N2CCN(c3ccccc3)CC2)c(/C=C2\SC(=S)N(CCc3ccccc3)C2=O)c(C)c(C#N)c1=O. The summed E-state index contributed by atoms with van der Waals surface area (Å²) in [4.78, 5) is 33.8. The largest absolute Gasteiger partial charge is 0.368 e. The predicted octanol–water partition coefficient (Wildman–Crippen LogP) is 5.21. The molecular formula is C32H33N5O2S2. The van der Waals surface area contributed by atoms with Gasteiger partial charge in [0.15, 0.2) is 0 Å². The second kappa shape index (κ2) is 12.8. The number of nitriles is 1. The normalized spacial score (nSPS) is 16.5. The van der Waals surface area contributed by atoms with Crippen LogP contribution >= 0.6 is 24.0 Å². The number of hydrogen-bond donors (Lipinski definition) is 0. The van der Waals surface area contributed by atoms with Gasteiger partial charge in [0.05, 0.1) is 4.91 Å². The molecule has 1 aromatic heterocycles. The summed E-state index contributed by atoms with van der Waals surface area (Å²) in [5.74, 6) is 0.637. The molecule has 2 fully saturated rings. The monoisotopic (exact) mass is 583 g/mol. The molecule has 2 aliphatic rings. The summed E-state index contributed by atoms with van der Waals surface area (Å²) in [7, 11) is 0. The molecule has 0 aliphatic carbocycles. The first-order chi connectivity index (χ1) is 19.9. The molecule has 0 N–H and O–H groups in total. The third kappa shape index (κ3) is 5.95. The molecule has 5 rings (SSSR count). The van der Waals surface area contributed by atoms with Crippen molar-refractivity contribution in [3.8, 4) is 6.07 Å². The van der Waals surface area contributed by atoms with Gasteiger partial charge in [0.2, 0.25) is 0 Å². The van der Waals surface area contributed by atoms with E-state index in [0.717, 1.165) is 36.5 Å². The highest BCUT2D eigenvalue weighted by molar-refractivity contribution is 8.26. The number of carbonyl (C=O) groups excluding carboxylic acids is 1. The smallest absolute Gasteiger partial charge is 0.270 e. The van der Waals surface area contributed by atoms with Crippen molar-refractivity contribution in [2.45, 2.75) is 33.2 Å². The van der Waals surface area contributed by atoms with Crippen LogP contribution in [-0.4, -0.2) is 52.4 Å². The lowest BCUT2D eigenvalue weighted by Crippen LogP contribution is -2.48. The van der Waals surface area contributed by atoms with Gasteiger partial charge in [0, 0.05) is 50.5 Å². The standard InChI is InChI=1S/C32H33N5O2S2/c1-3-15-36-29(35-19-17-34(18-20-35)25-12-8-5-9-13-25)26(23(2)27(22-33)30(36)38)21-28-31(39)37(32(40)41-28)16-14-24-10-6-4-7-11-24/h4-13,21H,3,14-20H2,1-2H3/b28-21-. The Hall–Kier alpha value is -3.87.